The van der Waals surface area contributed by atoms with E-state index in [1.807, 2.05) is 18.2 Å². The molecule has 2 aliphatic rings. The fraction of sp³-hybridized carbons (Fsp3) is 0.500. The van der Waals surface area contributed by atoms with E-state index in [-0.39, 0.29) is 29.5 Å². The number of hydrogen-bond donors (Lipinski definition) is 1. The van der Waals surface area contributed by atoms with Crippen LogP contribution in [0.25, 0.3) is 0 Å². The number of Topliss-reactive ketones (excluding diaryl/α,β-unsaturated/α-hetero) is 1. The van der Waals surface area contributed by atoms with Crippen LogP contribution in [0.15, 0.2) is 54.6 Å². The van der Waals surface area contributed by atoms with Crippen molar-refractivity contribution in [3.8, 4) is 0 Å². The molecule has 5 rings (SSSR count). The van der Waals surface area contributed by atoms with Crippen LogP contribution in [-0.2, 0) is 5.54 Å². The van der Waals surface area contributed by atoms with Crippen molar-refractivity contribution < 1.29 is 9.18 Å². The van der Waals surface area contributed by atoms with E-state index >= 15 is 0 Å². The topological polar surface area (TPSA) is 75.9 Å². The SMILES string of the molecule is Cl.O=C(CCCN1CCC(Nc2ccccc2)(c2nnnn2C2CCCCC2)CC1)c1ccc(F)cc1. The number of likely N-dealkylation sites (tertiary alicyclic amines) is 1. The second-order valence-corrected chi connectivity index (χ2v) is 10.2. The van der Waals surface area contributed by atoms with Crippen LogP contribution in [0.4, 0.5) is 10.1 Å². The van der Waals surface area contributed by atoms with Crippen LogP contribution in [0.2, 0.25) is 0 Å². The molecule has 1 saturated carbocycles. The van der Waals surface area contributed by atoms with Gasteiger partial charge in [0, 0.05) is 30.8 Å². The van der Waals surface area contributed by atoms with Gasteiger partial charge in [-0.2, -0.15) is 0 Å². The van der Waals surface area contributed by atoms with E-state index in [9.17, 15) is 9.18 Å². The summed E-state index contributed by atoms with van der Waals surface area (Å²) >= 11 is 0. The molecule has 0 unspecified atom stereocenters. The Kier molecular flexibility index (Phi) is 9.27. The highest BCUT2D eigenvalue weighted by molar-refractivity contribution is 5.95. The average Bonchev–Trinajstić information content (AvgIpc) is 3.42. The molecule has 7 nitrogen and oxygen atoms in total. The molecular weight excluding hydrogens is 491 g/mol. The first-order chi connectivity index (χ1) is 17.6. The van der Waals surface area contributed by atoms with E-state index in [4.69, 9.17) is 0 Å². The second kappa shape index (κ2) is 12.6. The molecule has 1 aliphatic carbocycles. The summed E-state index contributed by atoms with van der Waals surface area (Å²) in [6.07, 6.45) is 9.05. The molecule has 1 N–H and O–H groups in total. The fourth-order valence-corrected chi connectivity index (χ4v) is 5.68. The summed E-state index contributed by atoms with van der Waals surface area (Å²) in [5, 5.41) is 17.0. The molecule has 1 saturated heterocycles. The Morgan fingerprint density at radius 1 is 1.00 bits per heavy atom. The normalized spacial score (nSPS) is 18.2. The van der Waals surface area contributed by atoms with Crippen molar-refractivity contribution in [1.82, 2.24) is 25.1 Å². The number of nitrogens with one attached hydrogen (secondary N) is 1. The Morgan fingerprint density at radius 2 is 1.70 bits per heavy atom. The Balaban J connectivity index is 0.00000320. The smallest absolute Gasteiger partial charge is 0.177 e. The predicted molar refractivity (Wildman–Crippen MR) is 145 cm³/mol. The molecule has 1 aromatic heterocycles. The van der Waals surface area contributed by atoms with Gasteiger partial charge >= 0.3 is 0 Å². The molecule has 0 amide bonds. The number of tetrazole rings is 1. The van der Waals surface area contributed by atoms with E-state index in [1.54, 1.807) is 12.1 Å². The lowest BCUT2D eigenvalue weighted by Crippen LogP contribution is -2.49. The zero-order chi connectivity index (χ0) is 24.8. The van der Waals surface area contributed by atoms with E-state index in [1.165, 1.54) is 31.4 Å². The van der Waals surface area contributed by atoms with Crippen molar-refractivity contribution in [2.75, 3.05) is 25.0 Å². The maximum Gasteiger partial charge on any atom is 0.177 e. The molecule has 37 heavy (non-hydrogen) atoms. The zero-order valence-corrected chi connectivity index (χ0v) is 22.0. The zero-order valence-electron chi connectivity index (χ0n) is 21.2. The molecule has 2 heterocycles. The number of aromatic nitrogens is 4. The number of piperidine rings is 1. The van der Waals surface area contributed by atoms with Crippen molar-refractivity contribution >= 4 is 23.9 Å². The van der Waals surface area contributed by atoms with Gasteiger partial charge in [-0.3, -0.25) is 4.79 Å². The number of halogens is 2. The quantitative estimate of drug-likeness (QED) is 0.355. The van der Waals surface area contributed by atoms with Gasteiger partial charge in [-0.05, 0) is 85.5 Å². The number of rotatable bonds is 9. The van der Waals surface area contributed by atoms with Crippen molar-refractivity contribution in [2.45, 2.75) is 69.4 Å². The van der Waals surface area contributed by atoms with Gasteiger partial charge in [0.15, 0.2) is 11.6 Å². The van der Waals surface area contributed by atoms with Gasteiger partial charge in [-0.25, -0.2) is 9.07 Å². The van der Waals surface area contributed by atoms with Crippen molar-refractivity contribution in [3.05, 3.63) is 71.8 Å². The number of anilines is 1. The first-order valence-electron chi connectivity index (χ1n) is 13.3. The first kappa shape index (κ1) is 27.2. The van der Waals surface area contributed by atoms with Crippen molar-refractivity contribution in [2.24, 2.45) is 0 Å². The summed E-state index contributed by atoms with van der Waals surface area (Å²) in [7, 11) is 0. The number of carbonyl (C=O) groups excluding carboxylic acids is 1. The number of carbonyl (C=O) groups is 1. The van der Waals surface area contributed by atoms with Gasteiger partial charge in [0.05, 0.1) is 6.04 Å². The summed E-state index contributed by atoms with van der Waals surface area (Å²) in [6.45, 7) is 2.67. The minimum atomic E-state index is -0.331. The number of ketones is 1. The van der Waals surface area contributed by atoms with Gasteiger partial charge < -0.3 is 10.2 Å². The highest BCUT2D eigenvalue weighted by atomic mass is 35.5. The van der Waals surface area contributed by atoms with E-state index in [2.05, 4.69) is 42.6 Å². The number of benzene rings is 2. The minimum absolute atomic E-state index is 0. The van der Waals surface area contributed by atoms with Crippen LogP contribution in [0.1, 0.15) is 80.0 Å². The third-order valence-electron chi connectivity index (χ3n) is 7.75. The van der Waals surface area contributed by atoms with Crippen LogP contribution in [-0.4, -0.2) is 50.5 Å². The number of nitrogens with zero attached hydrogens (tertiary/aromatic N) is 5. The summed E-state index contributed by atoms with van der Waals surface area (Å²) in [4.78, 5) is 14.9. The monoisotopic (exact) mass is 526 g/mol. The number of para-hydroxylation sites is 1. The molecule has 0 spiro atoms. The van der Waals surface area contributed by atoms with Gasteiger partial charge in [0.25, 0.3) is 0 Å². The highest BCUT2D eigenvalue weighted by Gasteiger charge is 2.42. The van der Waals surface area contributed by atoms with E-state index in [0.29, 0.717) is 18.0 Å². The van der Waals surface area contributed by atoms with Crippen LogP contribution in [0.5, 0.6) is 0 Å². The lowest BCUT2D eigenvalue weighted by Gasteiger charge is -2.42. The third kappa shape index (κ3) is 6.54. The van der Waals surface area contributed by atoms with Crippen LogP contribution < -0.4 is 5.32 Å². The molecule has 1 aliphatic heterocycles. The molecule has 198 valence electrons. The maximum atomic E-state index is 13.1. The van der Waals surface area contributed by atoms with Gasteiger partial charge in [0.2, 0.25) is 0 Å². The Morgan fingerprint density at radius 3 is 2.41 bits per heavy atom. The molecule has 9 heteroatoms. The summed E-state index contributed by atoms with van der Waals surface area (Å²) < 4.78 is 15.2. The molecule has 0 atom stereocenters. The summed E-state index contributed by atoms with van der Waals surface area (Å²) in [6, 6.07) is 16.5. The second-order valence-electron chi connectivity index (χ2n) is 10.2. The lowest BCUT2D eigenvalue weighted by molar-refractivity contribution is 0.0968. The fourth-order valence-electron chi connectivity index (χ4n) is 5.68. The van der Waals surface area contributed by atoms with Crippen LogP contribution >= 0.6 is 12.4 Å². The largest absolute Gasteiger partial charge is 0.372 e. The van der Waals surface area contributed by atoms with E-state index in [0.717, 1.165) is 63.3 Å². The lowest BCUT2D eigenvalue weighted by atomic mass is 9.85. The molecule has 0 radical (unpaired) electrons. The average molecular weight is 527 g/mol. The molecule has 0 bridgehead atoms. The Labute approximate surface area is 224 Å². The maximum absolute atomic E-state index is 13.1. The summed E-state index contributed by atoms with van der Waals surface area (Å²) in [5.41, 5.74) is 1.33. The van der Waals surface area contributed by atoms with Crippen molar-refractivity contribution in [1.29, 1.82) is 0 Å². The molecule has 2 aromatic carbocycles. The number of hydrogen-bond acceptors (Lipinski definition) is 6. The van der Waals surface area contributed by atoms with Crippen molar-refractivity contribution in [3.63, 3.8) is 0 Å². The Hall–Kier alpha value is -2.84. The third-order valence-corrected chi connectivity index (χ3v) is 7.75. The minimum Gasteiger partial charge on any atom is -0.372 e. The standard InChI is InChI=1S/C28H35FN6O.ClH/c29-23-15-13-22(14-16-23)26(36)12-7-19-34-20-17-28(18-21-34,30-24-8-3-1-4-9-24)27-31-32-33-35(27)25-10-5-2-6-11-25;/h1,3-4,8-9,13-16,25,30H,2,5-7,10-12,17-21H2;1H. The van der Waals surface area contributed by atoms with Crippen LogP contribution in [0, 0.1) is 5.82 Å². The van der Waals surface area contributed by atoms with Gasteiger partial charge in [-0.15, -0.1) is 17.5 Å². The Bertz CT molecular complexity index is 1130. The van der Waals surface area contributed by atoms with Gasteiger partial charge in [-0.1, -0.05) is 37.5 Å². The first-order valence-corrected chi connectivity index (χ1v) is 13.3. The molecule has 2 fully saturated rings. The molecular formula is C28H36ClFN6O. The van der Waals surface area contributed by atoms with E-state index < -0.39 is 0 Å². The van der Waals surface area contributed by atoms with Gasteiger partial charge in [0.1, 0.15) is 11.4 Å². The van der Waals surface area contributed by atoms with Crippen LogP contribution in [0.3, 0.4) is 0 Å². The predicted octanol–water partition coefficient (Wildman–Crippen LogP) is 5.81. The highest BCUT2D eigenvalue weighted by Crippen LogP contribution is 2.38. The summed E-state index contributed by atoms with van der Waals surface area (Å²) in [5.74, 6) is 0.699. The molecule has 3 aromatic rings.